The standard InChI is InChI=1S/C19H25N3O6S/c1-13(2)17(19(24)28-14(3)12-20)21-18(23)15-5-4-6-16(11-15)29(25,26)22-7-9-27-10-8-22/h4-6,11,13-14,17H,7-10H2,1-3H3,(H,21,23)/t14?,17-/m0/s1. The predicted molar refractivity (Wildman–Crippen MR) is 103 cm³/mol. The molecule has 9 nitrogen and oxygen atoms in total. The maximum absolute atomic E-state index is 12.8. The number of hydrogen-bond donors (Lipinski definition) is 1. The number of nitriles is 1. The molecule has 1 heterocycles. The third kappa shape index (κ3) is 5.76. The summed E-state index contributed by atoms with van der Waals surface area (Å²) in [5.41, 5.74) is 0.103. The van der Waals surface area contributed by atoms with Gasteiger partial charge in [0.1, 0.15) is 12.1 Å². The maximum Gasteiger partial charge on any atom is 0.330 e. The Morgan fingerprint density at radius 3 is 2.48 bits per heavy atom. The molecule has 1 N–H and O–H groups in total. The molecule has 158 valence electrons. The van der Waals surface area contributed by atoms with Crippen molar-refractivity contribution in [2.45, 2.75) is 37.8 Å². The Bertz CT molecular complexity index is 887. The number of nitrogens with zero attached hydrogens (tertiary/aromatic N) is 2. The highest BCUT2D eigenvalue weighted by atomic mass is 32.2. The number of carbonyl (C=O) groups excluding carboxylic acids is 2. The van der Waals surface area contributed by atoms with Crippen LogP contribution in [0.4, 0.5) is 0 Å². The molecule has 1 unspecified atom stereocenters. The monoisotopic (exact) mass is 423 g/mol. The summed E-state index contributed by atoms with van der Waals surface area (Å²) < 4.78 is 37.1. The highest BCUT2D eigenvalue weighted by molar-refractivity contribution is 7.89. The van der Waals surface area contributed by atoms with E-state index in [0.717, 1.165) is 0 Å². The molecular weight excluding hydrogens is 398 g/mol. The lowest BCUT2D eigenvalue weighted by Crippen LogP contribution is -2.46. The Morgan fingerprint density at radius 1 is 1.24 bits per heavy atom. The van der Waals surface area contributed by atoms with Gasteiger partial charge in [-0.05, 0) is 31.0 Å². The molecule has 1 amide bonds. The number of rotatable bonds is 7. The third-order valence-corrected chi connectivity index (χ3v) is 6.28. The normalized spacial score (nSPS) is 17.2. The molecule has 0 aromatic heterocycles. The van der Waals surface area contributed by atoms with Crippen molar-refractivity contribution in [1.29, 1.82) is 5.26 Å². The van der Waals surface area contributed by atoms with E-state index >= 15 is 0 Å². The third-order valence-electron chi connectivity index (χ3n) is 4.39. The quantitative estimate of drug-likeness (QED) is 0.646. The summed E-state index contributed by atoms with van der Waals surface area (Å²) in [7, 11) is -3.75. The topological polar surface area (TPSA) is 126 Å². The van der Waals surface area contributed by atoms with Crippen LogP contribution in [0.5, 0.6) is 0 Å². The van der Waals surface area contributed by atoms with E-state index in [9.17, 15) is 18.0 Å². The van der Waals surface area contributed by atoms with E-state index in [2.05, 4.69) is 5.32 Å². The van der Waals surface area contributed by atoms with Crippen LogP contribution in [0.25, 0.3) is 0 Å². The van der Waals surface area contributed by atoms with Crippen molar-refractivity contribution in [3.63, 3.8) is 0 Å². The van der Waals surface area contributed by atoms with Gasteiger partial charge in [0.05, 0.1) is 18.1 Å². The molecule has 29 heavy (non-hydrogen) atoms. The molecule has 0 bridgehead atoms. The molecule has 1 aromatic rings. The van der Waals surface area contributed by atoms with E-state index in [1.807, 2.05) is 0 Å². The summed E-state index contributed by atoms with van der Waals surface area (Å²) in [5.74, 6) is -1.62. The second-order valence-electron chi connectivity index (χ2n) is 6.95. The van der Waals surface area contributed by atoms with Gasteiger partial charge in [0, 0.05) is 18.7 Å². The van der Waals surface area contributed by atoms with Crippen LogP contribution in [0.3, 0.4) is 0 Å². The van der Waals surface area contributed by atoms with Crippen molar-refractivity contribution in [2.75, 3.05) is 26.3 Å². The molecule has 2 atom stereocenters. The Balaban J connectivity index is 2.19. The highest BCUT2D eigenvalue weighted by Crippen LogP contribution is 2.19. The second kappa shape index (κ2) is 9.82. The minimum Gasteiger partial charge on any atom is -0.446 e. The highest BCUT2D eigenvalue weighted by Gasteiger charge is 2.29. The fraction of sp³-hybridized carbons (Fsp3) is 0.526. The molecule has 1 fully saturated rings. The number of carbonyl (C=O) groups is 2. The van der Waals surface area contributed by atoms with Gasteiger partial charge in [-0.15, -0.1) is 0 Å². The van der Waals surface area contributed by atoms with Crippen LogP contribution < -0.4 is 5.32 Å². The van der Waals surface area contributed by atoms with Crippen LogP contribution in [0, 0.1) is 17.2 Å². The van der Waals surface area contributed by atoms with Crippen LogP contribution in [-0.2, 0) is 24.3 Å². The number of amides is 1. The van der Waals surface area contributed by atoms with Gasteiger partial charge in [-0.1, -0.05) is 19.9 Å². The Labute approximate surface area is 170 Å². The lowest BCUT2D eigenvalue weighted by Gasteiger charge is -2.26. The zero-order chi connectivity index (χ0) is 21.6. The number of ether oxygens (including phenoxy) is 2. The molecule has 10 heteroatoms. The van der Waals surface area contributed by atoms with Crippen LogP contribution in [0.15, 0.2) is 29.2 Å². The fourth-order valence-corrected chi connectivity index (χ4v) is 4.18. The summed E-state index contributed by atoms with van der Waals surface area (Å²) in [6.45, 7) is 6.01. The molecule has 0 aliphatic carbocycles. The van der Waals surface area contributed by atoms with Gasteiger partial charge in [0.15, 0.2) is 6.10 Å². The number of morpholine rings is 1. The van der Waals surface area contributed by atoms with E-state index in [4.69, 9.17) is 14.7 Å². The summed E-state index contributed by atoms with van der Waals surface area (Å²) in [5, 5.41) is 11.4. The zero-order valence-electron chi connectivity index (χ0n) is 16.6. The first-order valence-corrected chi connectivity index (χ1v) is 10.7. The van der Waals surface area contributed by atoms with Gasteiger partial charge in [0.2, 0.25) is 10.0 Å². The maximum atomic E-state index is 12.8. The molecule has 0 spiro atoms. The average Bonchev–Trinajstić information content (AvgIpc) is 2.72. The van der Waals surface area contributed by atoms with Crippen molar-refractivity contribution in [1.82, 2.24) is 9.62 Å². The van der Waals surface area contributed by atoms with Crippen molar-refractivity contribution in [3.8, 4) is 6.07 Å². The largest absolute Gasteiger partial charge is 0.446 e. The van der Waals surface area contributed by atoms with E-state index < -0.39 is 34.0 Å². The Morgan fingerprint density at radius 2 is 1.90 bits per heavy atom. The summed E-state index contributed by atoms with van der Waals surface area (Å²) in [6.07, 6.45) is -0.942. The summed E-state index contributed by atoms with van der Waals surface area (Å²) >= 11 is 0. The predicted octanol–water partition coefficient (Wildman–Crippen LogP) is 0.917. The number of nitrogens with one attached hydrogen (secondary N) is 1. The molecule has 1 aliphatic rings. The Kier molecular flexibility index (Phi) is 7.73. The van der Waals surface area contributed by atoms with Crippen LogP contribution in [-0.4, -0.2) is 63.0 Å². The van der Waals surface area contributed by atoms with E-state index in [1.54, 1.807) is 19.9 Å². The molecule has 1 aromatic carbocycles. The molecule has 1 saturated heterocycles. The lowest BCUT2D eigenvalue weighted by molar-refractivity contribution is -0.149. The van der Waals surface area contributed by atoms with Gasteiger partial charge < -0.3 is 14.8 Å². The first-order valence-electron chi connectivity index (χ1n) is 9.25. The minimum atomic E-state index is -3.75. The van der Waals surface area contributed by atoms with Crippen molar-refractivity contribution < 1.29 is 27.5 Å². The van der Waals surface area contributed by atoms with Crippen molar-refractivity contribution >= 4 is 21.9 Å². The van der Waals surface area contributed by atoms with E-state index in [-0.39, 0.29) is 29.5 Å². The lowest BCUT2D eigenvalue weighted by atomic mass is 10.0. The van der Waals surface area contributed by atoms with Crippen molar-refractivity contribution in [2.24, 2.45) is 5.92 Å². The van der Waals surface area contributed by atoms with Crippen LogP contribution in [0.1, 0.15) is 31.1 Å². The average molecular weight is 423 g/mol. The summed E-state index contributed by atoms with van der Waals surface area (Å²) in [4.78, 5) is 24.9. The number of sulfonamides is 1. The van der Waals surface area contributed by atoms with Gasteiger partial charge in [-0.25, -0.2) is 13.2 Å². The van der Waals surface area contributed by atoms with Gasteiger partial charge in [-0.2, -0.15) is 9.57 Å². The molecule has 2 rings (SSSR count). The first kappa shape index (κ1) is 22.8. The first-order chi connectivity index (χ1) is 13.7. The van der Waals surface area contributed by atoms with Crippen LogP contribution in [0.2, 0.25) is 0 Å². The minimum absolute atomic E-state index is 0.00572. The second-order valence-corrected chi connectivity index (χ2v) is 8.89. The number of esters is 1. The zero-order valence-corrected chi connectivity index (χ0v) is 17.4. The van der Waals surface area contributed by atoms with Gasteiger partial charge in [0.25, 0.3) is 5.91 Å². The van der Waals surface area contributed by atoms with E-state index in [1.165, 1.54) is 35.5 Å². The van der Waals surface area contributed by atoms with Gasteiger partial charge >= 0.3 is 5.97 Å². The molecule has 0 saturated carbocycles. The van der Waals surface area contributed by atoms with Crippen LogP contribution >= 0.6 is 0 Å². The van der Waals surface area contributed by atoms with Gasteiger partial charge in [-0.3, -0.25) is 4.79 Å². The van der Waals surface area contributed by atoms with E-state index in [0.29, 0.717) is 13.2 Å². The Hall–Kier alpha value is -2.48. The fourth-order valence-electron chi connectivity index (χ4n) is 2.73. The molecule has 0 radical (unpaired) electrons. The summed E-state index contributed by atoms with van der Waals surface area (Å²) in [6, 6.07) is 6.46. The number of benzene rings is 1. The SMILES string of the molecule is CC(C#N)OC(=O)[C@@H](NC(=O)c1cccc(S(=O)(=O)N2CCOCC2)c1)C(C)C. The smallest absolute Gasteiger partial charge is 0.330 e. The molecular formula is C19H25N3O6S. The molecule has 1 aliphatic heterocycles. The number of hydrogen-bond acceptors (Lipinski definition) is 7. The van der Waals surface area contributed by atoms with Crippen molar-refractivity contribution in [3.05, 3.63) is 29.8 Å².